The van der Waals surface area contributed by atoms with Crippen LogP contribution < -0.4 is 0 Å². The van der Waals surface area contributed by atoms with Crippen molar-refractivity contribution in [3.63, 3.8) is 0 Å². The fourth-order valence-corrected chi connectivity index (χ4v) is 3.44. The average Bonchev–Trinajstić information content (AvgIpc) is 2.46. The van der Waals surface area contributed by atoms with Gasteiger partial charge in [0, 0.05) is 19.2 Å². The van der Waals surface area contributed by atoms with Gasteiger partial charge in [-0.15, -0.1) is 0 Å². The molecule has 3 atom stereocenters. The number of carboxylic acids is 1. The maximum Gasteiger partial charge on any atom is 0.308 e. The Balaban J connectivity index is 2.74. The predicted molar refractivity (Wildman–Crippen MR) is 85.4 cm³/mol. The molecule has 1 saturated carbocycles. The Kier molecular flexibility index (Phi) is 7.14. The lowest BCUT2D eigenvalue weighted by molar-refractivity contribution is -0.146. The molecule has 0 aromatic carbocycles. The Labute approximate surface area is 129 Å². The molecule has 0 aliphatic heterocycles. The van der Waals surface area contributed by atoms with Crippen molar-refractivity contribution in [3.05, 3.63) is 0 Å². The van der Waals surface area contributed by atoms with Crippen molar-refractivity contribution in [1.29, 1.82) is 0 Å². The van der Waals surface area contributed by atoms with E-state index in [-0.39, 0.29) is 12.0 Å². The highest BCUT2D eigenvalue weighted by Gasteiger charge is 2.41. The van der Waals surface area contributed by atoms with E-state index in [2.05, 4.69) is 25.7 Å². The molecular formula is C17H33NO3. The minimum Gasteiger partial charge on any atom is -0.481 e. The average molecular weight is 299 g/mol. The molecule has 0 radical (unpaired) electrons. The molecule has 0 saturated heterocycles. The van der Waals surface area contributed by atoms with Crippen molar-refractivity contribution in [2.45, 2.75) is 59.4 Å². The van der Waals surface area contributed by atoms with Gasteiger partial charge >= 0.3 is 5.97 Å². The lowest BCUT2D eigenvalue weighted by Crippen LogP contribution is -2.48. The molecule has 21 heavy (non-hydrogen) atoms. The molecule has 1 fully saturated rings. The summed E-state index contributed by atoms with van der Waals surface area (Å²) in [6.07, 6.45) is 3.96. The van der Waals surface area contributed by atoms with E-state index in [1.54, 1.807) is 0 Å². The van der Waals surface area contributed by atoms with Crippen LogP contribution >= 0.6 is 0 Å². The number of hydrogen-bond donors (Lipinski definition) is 1. The summed E-state index contributed by atoms with van der Waals surface area (Å²) in [6.45, 7) is 11.1. The molecule has 3 unspecified atom stereocenters. The predicted octanol–water partition coefficient (Wildman–Crippen LogP) is 3.26. The summed E-state index contributed by atoms with van der Waals surface area (Å²) < 4.78 is 5.42. The van der Waals surface area contributed by atoms with E-state index in [0.717, 1.165) is 32.2 Å². The number of carbonyl (C=O) groups is 1. The van der Waals surface area contributed by atoms with Crippen molar-refractivity contribution < 1.29 is 14.6 Å². The van der Waals surface area contributed by atoms with Gasteiger partial charge in [0.25, 0.3) is 0 Å². The highest BCUT2D eigenvalue weighted by Crippen LogP contribution is 2.43. The summed E-state index contributed by atoms with van der Waals surface area (Å²) in [4.78, 5) is 13.8. The Morgan fingerprint density at radius 2 is 2.00 bits per heavy atom. The quantitative estimate of drug-likeness (QED) is 0.699. The molecule has 1 rings (SSSR count). The van der Waals surface area contributed by atoms with Gasteiger partial charge in [0.1, 0.15) is 0 Å². The van der Waals surface area contributed by atoms with Crippen LogP contribution in [-0.4, -0.2) is 48.8 Å². The van der Waals surface area contributed by atoms with E-state index in [1.165, 1.54) is 0 Å². The SMILES string of the molecule is CCOCCN(C)C1CC(C(C)(C)CC)CCC1C(=O)O. The Bertz CT molecular complexity index is 330. The molecule has 0 spiro atoms. The number of carboxylic acid groups (broad SMARTS) is 1. The first-order chi connectivity index (χ1) is 9.83. The molecule has 0 bridgehead atoms. The van der Waals surface area contributed by atoms with Crippen LogP contribution in [-0.2, 0) is 9.53 Å². The van der Waals surface area contributed by atoms with Gasteiger partial charge < -0.3 is 14.7 Å². The lowest BCUT2D eigenvalue weighted by Gasteiger charge is -2.44. The van der Waals surface area contributed by atoms with Crippen LogP contribution in [0, 0.1) is 17.3 Å². The van der Waals surface area contributed by atoms with Crippen LogP contribution in [0.15, 0.2) is 0 Å². The minimum absolute atomic E-state index is 0.132. The van der Waals surface area contributed by atoms with Crippen LogP contribution in [0.5, 0.6) is 0 Å². The van der Waals surface area contributed by atoms with Crippen molar-refractivity contribution in [2.24, 2.45) is 17.3 Å². The van der Waals surface area contributed by atoms with Gasteiger partial charge in [-0.3, -0.25) is 4.79 Å². The minimum atomic E-state index is -0.643. The molecule has 4 heteroatoms. The van der Waals surface area contributed by atoms with Gasteiger partial charge in [-0.2, -0.15) is 0 Å². The number of nitrogens with zero attached hydrogens (tertiary/aromatic N) is 1. The molecular weight excluding hydrogens is 266 g/mol. The molecule has 0 aromatic rings. The normalized spacial score (nSPS) is 27.0. The van der Waals surface area contributed by atoms with Gasteiger partial charge in [-0.1, -0.05) is 27.2 Å². The van der Waals surface area contributed by atoms with E-state index < -0.39 is 5.97 Å². The second kappa shape index (κ2) is 8.14. The number of rotatable bonds is 8. The summed E-state index contributed by atoms with van der Waals surface area (Å²) in [6, 6.07) is 0.132. The van der Waals surface area contributed by atoms with Crippen molar-refractivity contribution >= 4 is 5.97 Å². The first-order valence-corrected chi connectivity index (χ1v) is 8.34. The zero-order chi connectivity index (χ0) is 16.0. The number of likely N-dealkylation sites (N-methyl/N-ethyl adjacent to an activating group) is 1. The van der Waals surface area contributed by atoms with Crippen molar-refractivity contribution in [1.82, 2.24) is 4.90 Å². The third kappa shape index (κ3) is 4.96. The highest BCUT2D eigenvalue weighted by molar-refractivity contribution is 5.71. The third-order valence-electron chi connectivity index (χ3n) is 5.51. The van der Waals surface area contributed by atoms with Crippen LogP contribution in [0.2, 0.25) is 0 Å². The summed E-state index contributed by atoms with van der Waals surface area (Å²) in [5.74, 6) is -0.269. The maximum absolute atomic E-state index is 11.6. The Morgan fingerprint density at radius 3 is 2.52 bits per heavy atom. The van der Waals surface area contributed by atoms with E-state index >= 15 is 0 Å². The van der Waals surface area contributed by atoms with Crippen LogP contribution in [0.3, 0.4) is 0 Å². The van der Waals surface area contributed by atoms with Gasteiger partial charge in [-0.05, 0) is 44.6 Å². The highest BCUT2D eigenvalue weighted by atomic mass is 16.5. The molecule has 0 heterocycles. The number of aliphatic carboxylic acids is 1. The standard InChI is InChI=1S/C17H33NO3/c1-6-17(3,4)13-8-9-14(16(19)20)15(12-13)18(5)10-11-21-7-2/h13-15H,6-12H2,1-5H3,(H,19,20). The van der Waals surface area contributed by atoms with E-state index in [4.69, 9.17) is 4.74 Å². The third-order valence-corrected chi connectivity index (χ3v) is 5.51. The monoisotopic (exact) mass is 299 g/mol. The smallest absolute Gasteiger partial charge is 0.308 e. The topological polar surface area (TPSA) is 49.8 Å². The second-order valence-corrected chi connectivity index (χ2v) is 7.04. The second-order valence-electron chi connectivity index (χ2n) is 7.04. The first kappa shape index (κ1) is 18.4. The van der Waals surface area contributed by atoms with E-state index in [9.17, 15) is 9.90 Å². The summed E-state index contributed by atoms with van der Waals surface area (Å²) >= 11 is 0. The van der Waals surface area contributed by atoms with Crippen molar-refractivity contribution in [2.75, 3.05) is 26.8 Å². The van der Waals surface area contributed by atoms with Crippen LogP contribution in [0.4, 0.5) is 0 Å². The maximum atomic E-state index is 11.6. The fourth-order valence-electron chi connectivity index (χ4n) is 3.44. The van der Waals surface area contributed by atoms with Gasteiger partial charge in [0.2, 0.25) is 0 Å². The molecule has 1 aliphatic rings. The summed E-state index contributed by atoms with van der Waals surface area (Å²) in [7, 11) is 2.04. The summed E-state index contributed by atoms with van der Waals surface area (Å²) in [5, 5.41) is 9.52. The zero-order valence-corrected chi connectivity index (χ0v) is 14.4. The Morgan fingerprint density at radius 1 is 1.33 bits per heavy atom. The molecule has 1 aliphatic carbocycles. The molecule has 0 aromatic heterocycles. The zero-order valence-electron chi connectivity index (χ0n) is 14.4. The number of hydrogen-bond acceptors (Lipinski definition) is 3. The fraction of sp³-hybridized carbons (Fsp3) is 0.941. The van der Waals surface area contributed by atoms with Crippen molar-refractivity contribution in [3.8, 4) is 0 Å². The number of ether oxygens (including phenoxy) is 1. The van der Waals surface area contributed by atoms with Gasteiger partial charge in [-0.25, -0.2) is 0 Å². The molecule has 124 valence electrons. The van der Waals surface area contributed by atoms with E-state index in [1.807, 2.05) is 14.0 Å². The van der Waals surface area contributed by atoms with Crippen LogP contribution in [0.1, 0.15) is 53.4 Å². The van der Waals surface area contributed by atoms with E-state index in [0.29, 0.717) is 24.5 Å². The summed E-state index contributed by atoms with van der Waals surface area (Å²) in [5.41, 5.74) is 0.294. The van der Waals surface area contributed by atoms with Crippen LogP contribution in [0.25, 0.3) is 0 Å². The van der Waals surface area contributed by atoms with Gasteiger partial charge in [0.05, 0.1) is 12.5 Å². The molecule has 0 amide bonds. The molecule has 1 N–H and O–H groups in total. The first-order valence-electron chi connectivity index (χ1n) is 8.34. The molecule has 4 nitrogen and oxygen atoms in total. The largest absolute Gasteiger partial charge is 0.481 e. The van der Waals surface area contributed by atoms with Gasteiger partial charge in [0.15, 0.2) is 0 Å². The Hall–Kier alpha value is -0.610. The lowest BCUT2D eigenvalue weighted by atomic mass is 9.65.